The van der Waals surface area contributed by atoms with E-state index in [1.54, 1.807) is 24.3 Å². The summed E-state index contributed by atoms with van der Waals surface area (Å²) in [5.74, 6) is -0.910. The number of halogens is 1. The molecule has 100 valence electrons. The SMILES string of the molecule is Cc1occc1CN(C)c1ncc(F)cc1C(=O)O. The van der Waals surface area contributed by atoms with E-state index >= 15 is 0 Å². The van der Waals surface area contributed by atoms with Crippen LogP contribution < -0.4 is 4.90 Å². The maximum absolute atomic E-state index is 13.1. The average molecular weight is 264 g/mol. The van der Waals surface area contributed by atoms with Gasteiger partial charge in [-0.15, -0.1) is 0 Å². The van der Waals surface area contributed by atoms with Gasteiger partial charge in [0.05, 0.1) is 12.5 Å². The zero-order valence-electron chi connectivity index (χ0n) is 10.6. The molecule has 0 atom stereocenters. The molecule has 0 aliphatic carbocycles. The van der Waals surface area contributed by atoms with Crippen LogP contribution in [-0.4, -0.2) is 23.1 Å². The number of hydrogen-bond donors (Lipinski definition) is 1. The average Bonchev–Trinajstić information content (AvgIpc) is 2.74. The number of carbonyl (C=O) groups is 1. The molecular formula is C13H13FN2O3. The molecule has 6 heteroatoms. The highest BCUT2D eigenvalue weighted by Crippen LogP contribution is 2.20. The summed E-state index contributed by atoms with van der Waals surface area (Å²) >= 11 is 0. The van der Waals surface area contributed by atoms with Crippen LogP contribution in [0.25, 0.3) is 0 Å². The van der Waals surface area contributed by atoms with Crippen molar-refractivity contribution in [2.75, 3.05) is 11.9 Å². The smallest absolute Gasteiger partial charge is 0.339 e. The molecule has 5 nitrogen and oxygen atoms in total. The number of aromatic nitrogens is 1. The molecule has 2 aromatic heterocycles. The number of carboxylic acids is 1. The molecular weight excluding hydrogens is 251 g/mol. The molecule has 2 heterocycles. The van der Waals surface area contributed by atoms with Crippen LogP contribution in [0, 0.1) is 12.7 Å². The molecule has 0 saturated carbocycles. The van der Waals surface area contributed by atoms with E-state index in [9.17, 15) is 9.18 Å². The molecule has 0 bridgehead atoms. The summed E-state index contributed by atoms with van der Waals surface area (Å²) in [6.45, 7) is 2.25. The lowest BCUT2D eigenvalue weighted by molar-refractivity contribution is 0.0696. The molecule has 0 aliphatic heterocycles. The van der Waals surface area contributed by atoms with Crippen LogP contribution in [0.2, 0.25) is 0 Å². The third-order valence-electron chi connectivity index (χ3n) is 2.80. The second-order valence-corrected chi connectivity index (χ2v) is 4.19. The molecule has 0 amide bonds. The Kier molecular flexibility index (Phi) is 3.50. The van der Waals surface area contributed by atoms with Gasteiger partial charge in [0, 0.05) is 19.2 Å². The van der Waals surface area contributed by atoms with Crippen molar-refractivity contribution in [3.8, 4) is 0 Å². The Labute approximate surface area is 109 Å². The van der Waals surface area contributed by atoms with E-state index in [2.05, 4.69) is 4.98 Å². The van der Waals surface area contributed by atoms with Gasteiger partial charge >= 0.3 is 5.97 Å². The molecule has 0 radical (unpaired) electrons. The Balaban J connectivity index is 2.31. The second-order valence-electron chi connectivity index (χ2n) is 4.19. The van der Waals surface area contributed by atoms with Gasteiger partial charge in [0.2, 0.25) is 0 Å². The second kappa shape index (κ2) is 5.09. The van der Waals surface area contributed by atoms with E-state index in [1.165, 1.54) is 0 Å². The van der Waals surface area contributed by atoms with Crippen LogP contribution in [0.3, 0.4) is 0 Å². The largest absolute Gasteiger partial charge is 0.478 e. The molecule has 0 spiro atoms. The lowest BCUT2D eigenvalue weighted by Crippen LogP contribution is -2.21. The molecule has 19 heavy (non-hydrogen) atoms. The highest BCUT2D eigenvalue weighted by atomic mass is 19.1. The number of aromatic carboxylic acids is 1. The lowest BCUT2D eigenvalue weighted by atomic mass is 10.2. The maximum atomic E-state index is 13.1. The fourth-order valence-electron chi connectivity index (χ4n) is 1.80. The standard InChI is InChI=1S/C13H13FN2O3/c1-8-9(3-4-19-8)7-16(2)12-11(13(17)18)5-10(14)6-15-12/h3-6H,7H2,1-2H3,(H,17,18). The molecule has 1 N–H and O–H groups in total. The Morgan fingerprint density at radius 1 is 1.58 bits per heavy atom. The minimum atomic E-state index is -1.21. The van der Waals surface area contributed by atoms with Crippen molar-refractivity contribution in [3.05, 3.63) is 47.3 Å². The van der Waals surface area contributed by atoms with Gasteiger partial charge in [-0.1, -0.05) is 0 Å². The summed E-state index contributed by atoms with van der Waals surface area (Å²) in [6.07, 6.45) is 2.56. The minimum absolute atomic E-state index is 0.163. The maximum Gasteiger partial charge on any atom is 0.339 e. The van der Waals surface area contributed by atoms with Crippen molar-refractivity contribution >= 4 is 11.8 Å². The predicted molar refractivity (Wildman–Crippen MR) is 66.7 cm³/mol. The van der Waals surface area contributed by atoms with E-state index < -0.39 is 11.8 Å². The van der Waals surface area contributed by atoms with Crippen molar-refractivity contribution in [1.29, 1.82) is 0 Å². The molecule has 2 aromatic rings. The van der Waals surface area contributed by atoms with Crippen LogP contribution >= 0.6 is 0 Å². The van der Waals surface area contributed by atoms with Crippen LogP contribution in [0.5, 0.6) is 0 Å². The zero-order valence-corrected chi connectivity index (χ0v) is 10.6. The summed E-state index contributed by atoms with van der Waals surface area (Å²) in [5.41, 5.74) is 0.758. The Hall–Kier alpha value is -2.37. The summed E-state index contributed by atoms with van der Waals surface area (Å²) in [5, 5.41) is 9.07. The summed E-state index contributed by atoms with van der Waals surface area (Å²) in [6, 6.07) is 2.76. The van der Waals surface area contributed by atoms with E-state index in [0.29, 0.717) is 6.54 Å². The molecule has 0 unspecified atom stereocenters. The molecule has 0 aliphatic rings. The first-order valence-electron chi connectivity index (χ1n) is 5.62. The number of carboxylic acid groups (broad SMARTS) is 1. The van der Waals surface area contributed by atoms with E-state index in [4.69, 9.17) is 9.52 Å². The van der Waals surface area contributed by atoms with Gasteiger partial charge in [-0.25, -0.2) is 14.2 Å². The van der Waals surface area contributed by atoms with Gasteiger partial charge in [-0.05, 0) is 19.1 Å². The normalized spacial score (nSPS) is 10.5. The number of furan rings is 1. The quantitative estimate of drug-likeness (QED) is 0.918. The molecule has 2 rings (SSSR count). The van der Waals surface area contributed by atoms with Crippen LogP contribution in [0.15, 0.2) is 29.0 Å². The lowest BCUT2D eigenvalue weighted by Gasteiger charge is -2.19. The minimum Gasteiger partial charge on any atom is -0.478 e. The van der Waals surface area contributed by atoms with Crippen molar-refractivity contribution in [3.63, 3.8) is 0 Å². The van der Waals surface area contributed by atoms with Gasteiger partial charge in [0.25, 0.3) is 0 Å². The Bertz CT molecular complexity index is 610. The molecule has 0 aromatic carbocycles. The van der Waals surface area contributed by atoms with Crippen LogP contribution in [0.1, 0.15) is 21.7 Å². The number of anilines is 1. The third-order valence-corrected chi connectivity index (χ3v) is 2.80. The number of nitrogens with zero attached hydrogens (tertiary/aromatic N) is 2. The van der Waals surface area contributed by atoms with Gasteiger partial charge in [0.1, 0.15) is 23.0 Å². The van der Waals surface area contributed by atoms with Crippen LogP contribution in [-0.2, 0) is 6.54 Å². The summed E-state index contributed by atoms with van der Waals surface area (Å²) < 4.78 is 18.2. The molecule has 0 fully saturated rings. The van der Waals surface area contributed by atoms with Crippen molar-refractivity contribution in [2.24, 2.45) is 0 Å². The van der Waals surface area contributed by atoms with Crippen molar-refractivity contribution < 1.29 is 18.7 Å². The number of rotatable bonds is 4. The Morgan fingerprint density at radius 2 is 2.32 bits per heavy atom. The van der Waals surface area contributed by atoms with E-state index in [1.807, 2.05) is 6.92 Å². The van der Waals surface area contributed by atoms with Gasteiger partial charge in [-0.2, -0.15) is 0 Å². The van der Waals surface area contributed by atoms with E-state index in [0.717, 1.165) is 23.6 Å². The summed E-state index contributed by atoms with van der Waals surface area (Å²) in [4.78, 5) is 16.6. The first-order chi connectivity index (χ1) is 8.99. The number of hydrogen-bond acceptors (Lipinski definition) is 4. The van der Waals surface area contributed by atoms with E-state index in [-0.39, 0.29) is 11.4 Å². The zero-order chi connectivity index (χ0) is 14.0. The fraction of sp³-hybridized carbons (Fsp3) is 0.231. The van der Waals surface area contributed by atoms with Crippen LogP contribution in [0.4, 0.5) is 10.2 Å². The monoisotopic (exact) mass is 264 g/mol. The van der Waals surface area contributed by atoms with Gasteiger partial charge in [0.15, 0.2) is 0 Å². The number of pyridine rings is 1. The fourth-order valence-corrected chi connectivity index (χ4v) is 1.80. The first kappa shape index (κ1) is 13.1. The third kappa shape index (κ3) is 2.73. The molecule has 0 saturated heterocycles. The van der Waals surface area contributed by atoms with Crippen molar-refractivity contribution in [2.45, 2.75) is 13.5 Å². The highest BCUT2D eigenvalue weighted by molar-refractivity contribution is 5.93. The topological polar surface area (TPSA) is 66.6 Å². The number of aryl methyl sites for hydroxylation is 1. The first-order valence-corrected chi connectivity index (χ1v) is 5.62. The Morgan fingerprint density at radius 3 is 2.89 bits per heavy atom. The predicted octanol–water partition coefficient (Wildman–Crippen LogP) is 2.46. The van der Waals surface area contributed by atoms with Gasteiger partial charge in [-0.3, -0.25) is 0 Å². The summed E-state index contributed by atoms with van der Waals surface area (Å²) in [7, 11) is 1.69. The van der Waals surface area contributed by atoms with Gasteiger partial charge < -0.3 is 14.4 Å². The highest BCUT2D eigenvalue weighted by Gasteiger charge is 2.17. The van der Waals surface area contributed by atoms with Crippen molar-refractivity contribution in [1.82, 2.24) is 4.98 Å².